The van der Waals surface area contributed by atoms with Crippen LogP contribution in [0.1, 0.15) is 22.5 Å². The minimum atomic E-state index is -0.283. The Hall–Kier alpha value is -2.80. The summed E-state index contributed by atoms with van der Waals surface area (Å²) in [5.74, 6) is -0.283. The van der Waals surface area contributed by atoms with Gasteiger partial charge in [0.05, 0.1) is 17.1 Å². The maximum atomic E-state index is 13.1. The Morgan fingerprint density at radius 3 is 2.50 bits per heavy atom. The number of carbonyl (C=O) groups excluding carboxylic acids is 2. The average Bonchev–Trinajstić information content (AvgIpc) is 3.24. The number of nitrogens with zero attached hydrogens (tertiary/aromatic N) is 2. The number of aryl methyl sites for hydroxylation is 1. The molecule has 4 nitrogen and oxygen atoms in total. The van der Waals surface area contributed by atoms with Gasteiger partial charge in [0.1, 0.15) is 0 Å². The van der Waals surface area contributed by atoms with E-state index in [0.717, 1.165) is 55.2 Å². The van der Waals surface area contributed by atoms with Gasteiger partial charge in [0.15, 0.2) is 0 Å². The summed E-state index contributed by atoms with van der Waals surface area (Å²) in [5.41, 5.74) is 4.86. The molecule has 0 N–H and O–H groups in total. The van der Waals surface area contributed by atoms with Crippen molar-refractivity contribution in [3.05, 3.63) is 104 Å². The fourth-order valence-corrected chi connectivity index (χ4v) is 5.86. The van der Waals surface area contributed by atoms with Gasteiger partial charge >= 0.3 is 0 Å². The van der Waals surface area contributed by atoms with Gasteiger partial charge in [-0.1, -0.05) is 63.9 Å². The van der Waals surface area contributed by atoms with Gasteiger partial charge in [-0.3, -0.25) is 14.5 Å². The van der Waals surface area contributed by atoms with E-state index in [1.165, 1.54) is 4.90 Å². The minimum Gasteiger partial charge on any atom is -0.317 e. The molecule has 0 aliphatic carbocycles. The van der Waals surface area contributed by atoms with Gasteiger partial charge in [-0.05, 0) is 78.5 Å². The van der Waals surface area contributed by atoms with Crippen LogP contribution in [-0.4, -0.2) is 20.6 Å². The van der Waals surface area contributed by atoms with E-state index in [9.17, 15) is 9.59 Å². The topological polar surface area (TPSA) is 42.3 Å². The number of benzene rings is 3. The minimum absolute atomic E-state index is 0.201. The Labute approximate surface area is 215 Å². The molecule has 0 atom stereocenters. The zero-order valence-electron chi connectivity index (χ0n) is 18.5. The Kier molecular flexibility index (Phi) is 6.15. The lowest BCUT2D eigenvalue weighted by atomic mass is 10.1. The molecule has 1 saturated heterocycles. The Morgan fingerprint density at radius 2 is 1.74 bits per heavy atom. The number of carbonyl (C=O) groups is 2. The number of fused-ring (bicyclic) bond motifs is 1. The summed E-state index contributed by atoms with van der Waals surface area (Å²) in [6.07, 6.45) is 1.82. The molecule has 3 aromatic carbocycles. The zero-order valence-corrected chi connectivity index (χ0v) is 21.7. The van der Waals surface area contributed by atoms with Crippen molar-refractivity contribution in [1.29, 1.82) is 0 Å². The lowest BCUT2D eigenvalue weighted by molar-refractivity contribution is -0.123. The normalized spacial score (nSPS) is 15.2. The highest BCUT2D eigenvalue weighted by molar-refractivity contribution is 9.10. The van der Waals surface area contributed by atoms with Crippen LogP contribution in [0, 0.1) is 13.8 Å². The van der Waals surface area contributed by atoms with E-state index in [1.54, 1.807) is 12.1 Å². The zero-order chi connectivity index (χ0) is 24.0. The van der Waals surface area contributed by atoms with Gasteiger partial charge in [0.25, 0.3) is 11.1 Å². The number of hydrogen-bond donors (Lipinski definition) is 0. The summed E-state index contributed by atoms with van der Waals surface area (Å²) in [7, 11) is 0. The first-order chi connectivity index (χ1) is 16.3. The third-order valence-corrected chi connectivity index (χ3v) is 7.78. The molecule has 170 valence electrons. The monoisotopic (exact) mass is 550 g/mol. The Balaban J connectivity index is 1.50. The predicted octanol–water partition coefficient (Wildman–Crippen LogP) is 7.90. The van der Waals surface area contributed by atoms with Gasteiger partial charge in [-0.25, -0.2) is 0 Å². The third-order valence-electron chi connectivity index (χ3n) is 5.95. The summed E-state index contributed by atoms with van der Waals surface area (Å²) in [6.45, 7) is 4.28. The molecule has 1 aliphatic rings. The predicted molar refractivity (Wildman–Crippen MR) is 143 cm³/mol. The Morgan fingerprint density at radius 1 is 0.971 bits per heavy atom. The maximum absolute atomic E-state index is 13.1. The van der Waals surface area contributed by atoms with Crippen LogP contribution in [0.15, 0.2) is 76.1 Å². The standard InChI is InChI=1S/C27H20BrClN2O2S/c1-16-12-19(17(2)31(16)24-11-10-23(28)21-8-3-4-9-22(21)24)14-25-26(32)30(27(33)34-25)15-18-6-5-7-20(29)13-18/h3-14H,15H2,1-2H3/b25-14-. The number of halogens is 2. The van der Waals surface area contributed by atoms with Crippen molar-refractivity contribution < 1.29 is 9.59 Å². The number of amides is 2. The molecule has 0 saturated carbocycles. The largest absolute Gasteiger partial charge is 0.317 e. The van der Waals surface area contributed by atoms with Gasteiger partial charge < -0.3 is 4.57 Å². The second kappa shape index (κ2) is 9.10. The molecule has 1 aliphatic heterocycles. The van der Waals surface area contributed by atoms with E-state index in [-0.39, 0.29) is 17.7 Å². The molecule has 4 aromatic rings. The van der Waals surface area contributed by atoms with E-state index in [0.29, 0.717) is 9.93 Å². The van der Waals surface area contributed by atoms with Crippen molar-refractivity contribution in [2.24, 2.45) is 0 Å². The van der Waals surface area contributed by atoms with Crippen LogP contribution in [0.3, 0.4) is 0 Å². The molecule has 5 rings (SSSR count). The van der Waals surface area contributed by atoms with E-state index in [4.69, 9.17) is 11.6 Å². The summed E-state index contributed by atoms with van der Waals surface area (Å²) in [5, 5.41) is 2.57. The van der Waals surface area contributed by atoms with Crippen LogP contribution in [0.5, 0.6) is 0 Å². The third kappa shape index (κ3) is 4.11. The highest BCUT2D eigenvalue weighted by atomic mass is 79.9. The molecular formula is C27H20BrClN2O2S. The first-order valence-corrected chi connectivity index (χ1v) is 12.7. The molecule has 0 spiro atoms. The number of imide groups is 1. The lowest BCUT2D eigenvalue weighted by Crippen LogP contribution is -2.27. The second-order valence-electron chi connectivity index (χ2n) is 8.17. The molecule has 0 radical (unpaired) electrons. The summed E-state index contributed by atoms with van der Waals surface area (Å²) in [6, 6.07) is 21.7. The maximum Gasteiger partial charge on any atom is 0.293 e. The fourth-order valence-electron chi connectivity index (χ4n) is 4.34. The molecule has 2 amide bonds. The van der Waals surface area contributed by atoms with Gasteiger partial charge in [-0.15, -0.1) is 0 Å². The first-order valence-electron chi connectivity index (χ1n) is 10.7. The molecule has 7 heteroatoms. The number of rotatable bonds is 4. The quantitative estimate of drug-likeness (QED) is 0.242. The van der Waals surface area contributed by atoms with Crippen molar-refractivity contribution in [1.82, 2.24) is 9.47 Å². The SMILES string of the molecule is Cc1cc(/C=C2\SC(=O)N(Cc3cccc(Cl)c3)C2=O)c(C)n1-c1ccc(Br)c2ccccc12. The van der Waals surface area contributed by atoms with Crippen molar-refractivity contribution in [3.8, 4) is 5.69 Å². The highest BCUT2D eigenvalue weighted by Crippen LogP contribution is 2.36. The molecule has 0 unspecified atom stereocenters. The van der Waals surface area contributed by atoms with Crippen molar-refractivity contribution >= 4 is 67.3 Å². The molecule has 2 heterocycles. The van der Waals surface area contributed by atoms with Crippen LogP contribution in [0.25, 0.3) is 22.5 Å². The highest BCUT2D eigenvalue weighted by Gasteiger charge is 2.35. The van der Waals surface area contributed by atoms with Crippen LogP contribution >= 0.6 is 39.3 Å². The van der Waals surface area contributed by atoms with Crippen LogP contribution < -0.4 is 0 Å². The van der Waals surface area contributed by atoms with E-state index in [2.05, 4.69) is 50.8 Å². The molecule has 1 fully saturated rings. The Bertz CT molecular complexity index is 1510. The van der Waals surface area contributed by atoms with E-state index in [1.807, 2.05) is 44.2 Å². The molecular weight excluding hydrogens is 532 g/mol. The summed E-state index contributed by atoms with van der Waals surface area (Å²) >= 11 is 10.7. The number of aromatic nitrogens is 1. The van der Waals surface area contributed by atoms with Gasteiger partial charge in [0, 0.05) is 26.3 Å². The number of hydrogen-bond acceptors (Lipinski definition) is 3. The second-order valence-corrected chi connectivity index (χ2v) is 10.5. The van der Waals surface area contributed by atoms with Crippen LogP contribution in [-0.2, 0) is 11.3 Å². The van der Waals surface area contributed by atoms with E-state index < -0.39 is 0 Å². The first kappa shape index (κ1) is 23.0. The fraction of sp³-hybridized carbons (Fsp3) is 0.111. The van der Waals surface area contributed by atoms with E-state index >= 15 is 0 Å². The molecule has 34 heavy (non-hydrogen) atoms. The van der Waals surface area contributed by atoms with Crippen molar-refractivity contribution in [3.63, 3.8) is 0 Å². The van der Waals surface area contributed by atoms with Crippen LogP contribution in [0.4, 0.5) is 4.79 Å². The average molecular weight is 552 g/mol. The number of thioether (sulfide) groups is 1. The molecule has 0 bridgehead atoms. The summed E-state index contributed by atoms with van der Waals surface area (Å²) in [4.78, 5) is 27.4. The van der Waals surface area contributed by atoms with Gasteiger partial charge in [0.2, 0.25) is 0 Å². The molecule has 1 aromatic heterocycles. The lowest BCUT2D eigenvalue weighted by Gasteiger charge is -2.14. The van der Waals surface area contributed by atoms with Crippen LogP contribution in [0.2, 0.25) is 5.02 Å². The van der Waals surface area contributed by atoms with Crippen molar-refractivity contribution in [2.45, 2.75) is 20.4 Å². The van der Waals surface area contributed by atoms with Gasteiger partial charge in [-0.2, -0.15) is 0 Å². The smallest absolute Gasteiger partial charge is 0.293 e. The summed E-state index contributed by atoms with van der Waals surface area (Å²) < 4.78 is 3.24. The van der Waals surface area contributed by atoms with Crippen molar-refractivity contribution in [2.75, 3.05) is 0 Å².